The second-order valence-corrected chi connectivity index (χ2v) is 3.24. The first kappa shape index (κ1) is 11.9. The second kappa shape index (κ2) is 4.81. The summed E-state index contributed by atoms with van der Waals surface area (Å²) >= 11 is 2.97. The molecular weight excluding hydrogens is 240 g/mol. The molecule has 0 aromatic heterocycles. The fourth-order valence-corrected chi connectivity index (χ4v) is 0.966. The molecule has 0 radical (unpaired) electrons. The fraction of sp³-hybridized carbons (Fsp3) is 0.250. The number of carboxylic acids is 2. The Labute approximate surface area is 83.7 Å². The summed E-state index contributed by atoms with van der Waals surface area (Å²) in [6.45, 7) is 5.10. The Morgan fingerprint density at radius 3 is 2.08 bits per heavy atom. The minimum atomic E-state index is -1.25. The van der Waals surface area contributed by atoms with Gasteiger partial charge in [-0.15, -0.1) is 0 Å². The molecule has 0 bridgehead atoms. The summed E-state index contributed by atoms with van der Waals surface area (Å²) in [4.78, 5) is 20.9. The summed E-state index contributed by atoms with van der Waals surface area (Å²) in [5.74, 6) is -2.44. The zero-order valence-electron chi connectivity index (χ0n) is 7.00. The normalized spacial score (nSPS) is 11.8. The van der Waals surface area contributed by atoms with Gasteiger partial charge in [0.05, 0.1) is 12.0 Å². The Bertz CT molecular complexity index is 291. The molecular formula is C8H9BrO4. The van der Waals surface area contributed by atoms with Gasteiger partial charge in [-0.3, -0.25) is 4.79 Å². The van der Waals surface area contributed by atoms with Crippen LogP contribution in [-0.4, -0.2) is 22.2 Å². The van der Waals surface area contributed by atoms with E-state index < -0.39 is 18.4 Å². The van der Waals surface area contributed by atoms with Crippen molar-refractivity contribution in [2.45, 2.75) is 13.3 Å². The second-order valence-electron chi connectivity index (χ2n) is 2.45. The highest BCUT2D eigenvalue weighted by molar-refractivity contribution is 9.12. The molecule has 0 unspecified atom stereocenters. The Morgan fingerprint density at radius 2 is 1.85 bits per heavy atom. The average molecular weight is 249 g/mol. The van der Waals surface area contributed by atoms with Gasteiger partial charge in [-0.2, -0.15) is 0 Å². The van der Waals surface area contributed by atoms with Gasteiger partial charge in [0, 0.05) is 4.48 Å². The molecule has 5 heteroatoms. The lowest BCUT2D eigenvalue weighted by Gasteiger charge is -2.03. The van der Waals surface area contributed by atoms with Crippen LogP contribution in [0.4, 0.5) is 0 Å². The number of rotatable bonds is 4. The van der Waals surface area contributed by atoms with Crippen LogP contribution in [0, 0.1) is 0 Å². The third kappa shape index (κ3) is 3.89. The van der Waals surface area contributed by atoms with Crippen LogP contribution in [0.15, 0.2) is 22.2 Å². The topological polar surface area (TPSA) is 74.6 Å². The lowest BCUT2D eigenvalue weighted by atomic mass is 10.1. The van der Waals surface area contributed by atoms with Gasteiger partial charge in [-0.25, -0.2) is 4.79 Å². The Morgan fingerprint density at radius 1 is 1.38 bits per heavy atom. The molecule has 72 valence electrons. The molecule has 4 nitrogen and oxygen atoms in total. The first-order chi connectivity index (χ1) is 5.86. The summed E-state index contributed by atoms with van der Waals surface area (Å²) in [7, 11) is 0. The van der Waals surface area contributed by atoms with Crippen molar-refractivity contribution in [3.8, 4) is 0 Å². The predicted molar refractivity (Wildman–Crippen MR) is 50.7 cm³/mol. The van der Waals surface area contributed by atoms with Gasteiger partial charge in [0.15, 0.2) is 0 Å². The van der Waals surface area contributed by atoms with Crippen molar-refractivity contribution in [3.63, 3.8) is 0 Å². The van der Waals surface area contributed by atoms with Gasteiger partial charge in [0.2, 0.25) is 0 Å². The van der Waals surface area contributed by atoms with E-state index in [0.717, 1.165) is 0 Å². The average Bonchev–Trinajstić information content (AvgIpc) is 1.97. The van der Waals surface area contributed by atoms with Crippen LogP contribution in [0.3, 0.4) is 0 Å². The van der Waals surface area contributed by atoms with Crippen molar-refractivity contribution >= 4 is 27.9 Å². The molecule has 2 N–H and O–H groups in total. The SMILES string of the molecule is C=C(C)C(Br)=C(CC(=O)O)C(=O)O. The molecule has 0 atom stereocenters. The molecule has 13 heavy (non-hydrogen) atoms. The maximum absolute atomic E-state index is 10.6. The van der Waals surface area contributed by atoms with E-state index in [1.165, 1.54) is 0 Å². The zero-order chi connectivity index (χ0) is 10.6. The first-order valence-corrected chi connectivity index (χ1v) is 4.15. The van der Waals surface area contributed by atoms with Gasteiger partial charge in [0.25, 0.3) is 0 Å². The molecule has 0 spiro atoms. The van der Waals surface area contributed by atoms with Gasteiger partial charge >= 0.3 is 11.9 Å². The largest absolute Gasteiger partial charge is 0.481 e. The van der Waals surface area contributed by atoms with Crippen LogP contribution in [0.2, 0.25) is 0 Å². The number of hydrogen-bond donors (Lipinski definition) is 2. The maximum atomic E-state index is 10.6. The highest BCUT2D eigenvalue weighted by Crippen LogP contribution is 2.22. The van der Waals surface area contributed by atoms with Crippen LogP contribution < -0.4 is 0 Å². The predicted octanol–water partition coefficient (Wildman–Crippen LogP) is 1.77. The number of halogens is 1. The van der Waals surface area contributed by atoms with Crippen molar-refractivity contribution in [1.82, 2.24) is 0 Å². The zero-order valence-corrected chi connectivity index (χ0v) is 8.59. The van der Waals surface area contributed by atoms with Crippen LogP contribution in [0.1, 0.15) is 13.3 Å². The molecule has 0 aromatic carbocycles. The van der Waals surface area contributed by atoms with Crippen molar-refractivity contribution in [2.24, 2.45) is 0 Å². The fourth-order valence-electron chi connectivity index (χ4n) is 0.656. The lowest BCUT2D eigenvalue weighted by molar-refractivity contribution is -0.139. The Kier molecular flexibility index (Phi) is 4.40. The Hall–Kier alpha value is -1.10. The highest BCUT2D eigenvalue weighted by Gasteiger charge is 2.16. The minimum Gasteiger partial charge on any atom is -0.481 e. The number of carbonyl (C=O) groups is 2. The van der Waals surface area contributed by atoms with Crippen LogP contribution in [0.5, 0.6) is 0 Å². The molecule has 0 aliphatic rings. The molecule has 0 aliphatic carbocycles. The monoisotopic (exact) mass is 248 g/mol. The van der Waals surface area contributed by atoms with Gasteiger partial charge in [-0.05, 0) is 28.4 Å². The molecule has 0 aliphatic heterocycles. The summed E-state index contributed by atoms with van der Waals surface area (Å²) < 4.78 is 0.238. The molecule has 0 saturated carbocycles. The van der Waals surface area contributed by atoms with Gasteiger partial charge in [0.1, 0.15) is 0 Å². The number of carboxylic acid groups (broad SMARTS) is 2. The van der Waals surface area contributed by atoms with Gasteiger partial charge < -0.3 is 10.2 Å². The van der Waals surface area contributed by atoms with E-state index in [1.807, 2.05) is 0 Å². The molecule has 0 heterocycles. The molecule has 0 rings (SSSR count). The van der Waals surface area contributed by atoms with Crippen LogP contribution in [0.25, 0.3) is 0 Å². The third-order valence-electron chi connectivity index (χ3n) is 1.23. The summed E-state index contributed by atoms with van der Waals surface area (Å²) in [5.41, 5.74) is 0.290. The van der Waals surface area contributed by atoms with Crippen molar-refractivity contribution in [1.29, 1.82) is 0 Å². The minimum absolute atomic E-state index is 0.194. The number of allylic oxidation sites excluding steroid dienone is 2. The summed E-state index contributed by atoms with van der Waals surface area (Å²) in [6, 6.07) is 0. The highest BCUT2D eigenvalue weighted by atomic mass is 79.9. The standard InChI is InChI=1S/C8H9BrO4/c1-4(2)7(9)5(8(12)13)3-6(10)11/h1,3H2,2H3,(H,10,11)(H,12,13). The lowest BCUT2D eigenvalue weighted by Crippen LogP contribution is -2.08. The third-order valence-corrected chi connectivity index (χ3v) is 2.38. The van der Waals surface area contributed by atoms with E-state index in [0.29, 0.717) is 5.57 Å². The van der Waals surface area contributed by atoms with Crippen molar-refractivity contribution < 1.29 is 19.8 Å². The van der Waals surface area contributed by atoms with Crippen molar-refractivity contribution in [2.75, 3.05) is 0 Å². The first-order valence-electron chi connectivity index (χ1n) is 3.36. The molecule has 0 fully saturated rings. The molecule has 0 amide bonds. The van der Waals surface area contributed by atoms with E-state index in [9.17, 15) is 9.59 Å². The van der Waals surface area contributed by atoms with Crippen LogP contribution >= 0.6 is 15.9 Å². The van der Waals surface area contributed by atoms with E-state index in [-0.39, 0.29) is 10.1 Å². The van der Waals surface area contributed by atoms with Crippen LogP contribution in [-0.2, 0) is 9.59 Å². The van der Waals surface area contributed by atoms with E-state index >= 15 is 0 Å². The summed E-state index contributed by atoms with van der Waals surface area (Å²) in [6.07, 6.45) is -0.525. The number of aliphatic carboxylic acids is 2. The molecule has 0 aromatic rings. The Balaban J connectivity index is 5.00. The number of hydrogen-bond acceptors (Lipinski definition) is 2. The smallest absolute Gasteiger partial charge is 0.333 e. The van der Waals surface area contributed by atoms with E-state index in [1.54, 1.807) is 6.92 Å². The maximum Gasteiger partial charge on any atom is 0.333 e. The quantitative estimate of drug-likeness (QED) is 0.588. The summed E-state index contributed by atoms with van der Waals surface area (Å²) in [5, 5.41) is 17.1. The van der Waals surface area contributed by atoms with E-state index in [4.69, 9.17) is 10.2 Å². The van der Waals surface area contributed by atoms with E-state index in [2.05, 4.69) is 22.5 Å². The van der Waals surface area contributed by atoms with Crippen molar-refractivity contribution in [3.05, 3.63) is 22.2 Å². The molecule has 0 saturated heterocycles. The van der Waals surface area contributed by atoms with Gasteiger partial charge in [-0.1, -0.05) is 6.58 Å².